The molecule has 1 aromatic carbocycles. The zero-order valence-electron chi connectivity index (χ0n) is 15.4. The number of thiocarbonyl (C=S) groups is 1. The van der Waals surface area contributed by atoms with Crippen LogP contribution in [0.4, 0.5) is 0 Å². The van der Waals surface area contributed by atoms with Gasteiger partial charge in [0.25, 0.3) is 5.91 Å². The van der Waals surface area contributed by atoms with E-state index in [0.717, 1.165) is 29.1 Å². The minimum atomic E-state index is -0.611. The van der Waals surface area contributed by atoms with Crippen LogP contribution < -0.4 is 0 Å². The zero-order valence-corrected chi connectivity index (χ0v) is 18.6. The Hall–Kier alpha value is -2.01. The predicted octanol–water partition coefficient (Wildman–Crippen LogP) is 3.81. The van der Waals surface area contributed by atoms with Gasteiger partial charge in [-0.3, -0.25) is 9.69 Å². The van der Waals surface area contributed by atoms with Crippen molar-refractivity contribution in [2.45, 2.75) is 6.54 Å². The minimum absolute atomic E-state index is 0.167. The van der Waals surface area contributed by atoms with Crippen LogP contribution >= 0.6 is 47.5 Å². The van der Waals surface area contributed by atoms with Gasteiger partial charge in [0.05, 0.1) is 29.9 Å². The van der Waals surface area contributed by atoms with Crippen molar-refractivity contribution in [3.8, 4) is 0 Å². The summed E-state index contributed by atoms with van der Waals surface area (Å²) in [5.41, 5.74) is 0.986. The van der Waals surface area contributed by atoms with Gasteiger partial charge in [-0.05, 0) is 17.7 Å². The molecule has 2 heterocycles. The smallest absolute Gasteiger partial charge is 0.346 e. The molecule has 2 aliphatic heterocycles. The molecule has 150 valence electrons. The van der Waals surface area contributed by atoms with Crippen LogP contribution in [0.5, 0.6) is 0 Å². The molecule has 10 heteroatoms. The molecule has 6 nitrogen and oxygen atoms in total. The molecule has 1 fully saturated rings. The highest BCUT2D eigenvalue weighted by Crippen LogP contribution is 2.50. The number of nitrogens with zero attached hydrogens (tertiary/aromatic N) is 1. The number of hydrogen-bond donors (Lipinski definition) is 0. The average molecular weight is 466 g/mol. The molecule has 0 saturated carbocycles. The van der Waals surface area contributed by atoms with E-state index in [9.17, 15) is 14.4 Å². The largest absolute Gasteiger partial charge is 0.465 e. The van der Waals surface area contributed by atoms with Gasteiger partial charge in [0.15, 0.2) is 0 Å². The van der Waals surface area contributed by atoms with Gasteiger partial charge in [-0.2, -0.15) is 0 Å². The van der Waals surface area contributed by atoms with Crippen LogP contribution in [0.2, 0.25) is 0 Å². The number of esters is 2. The zero-order chi connectivity index (χ0) is 21.0. The molecular weight excluding hydrogens is 450 g/mol. The third-order valence-corrected chi connectivity index (χ3v) is 7.63. The van der Waals surface area contributed by atoms with Crippen LogP contribution in [0.15, 0.2) is 61.4 Å². The van der Waals surface area contributed by atoms with Gasteiger partial charge in [-0.25, -0.2) is 9.59 Å². The molecule has 0 unspecified atom stereocenters. The fourth-order valence-electron chi connectivity index (χ4n) is 2.40. The first-order chi connectivity index (χ1) is 13.9. The summed E-state index contributed by atoms with van der Waals surface area (Å²) in [6.07, 6.45) is 3.33. The van der Waals surface area contributed by atoms with E-state index >= 15 is 0 Å². The average Bonchev–Trinajstić information content (AvgIpc) is 3.28. The third-order valence-electron chi connectivity index (χ3n) is 3.78. The molecular formula is C19H15NO5S4. The quantitative estimate of drug-likeness (QED) is 0.367. The van der Waals surface area contributed by atoms with Gasteiger partial charge >= 0.3 is 11.9 Å². The fraction of sp³-hybridized carbons (Fsp3) is 0.158. The first-order valence-electron chi connectivity index (χ1n) is 8.20. The van der Waals surface area contributed by atoms with E-state index in [-0.39, 0.29) is 15.7 Å². The van der Waals surface area contributed by atoms with Gasteiger partial charge < -0.3 is 9.47 Å². The Morgan fingerprint density at radius 3 is 2.14 bits per heavy atom. The molecule has 0 radical (unpaired) electrons. The second kappa shape index (κ2) is 9.66. The summed E-state index contributed by atoms with van der Waals surface area (Å²) in [5.74, 6) is -1.40. The lowest BCUT2D eigenvalue weighted by Gasteiger charge is -2.14. The van der Waals surface area contributed by atoms with Gasteiger partial charge in [0.2, 0.25) is 0 Å². The van der Waals surface area contributed by atoms with Crippen molar-refractivity contribution in [3.05, 3.63) is 67.0 Å². The normalized spacial score (nSPS) is 17.9. The number of carbonyl (C=O) groups excluding carboxylic acids is 3. The molecule has 0 aliphatic carbocycles. The van der Waals surface area contributed by atoms with Crippen LogP contribution in [-0.4, -0.2) is 41.3 Å². The van der Waals surface area contributed by atoms with E-state index in [1.165, 1.54) is 26.0 Å². The summed E-state index contributed by atoms with van der Waals surface area (Å²) < 4.78 is 10.6. The SMILES string of the molecule is COC(=O)C1=C(C(=O)OC)SC(=CC=C2SC(=S)N(Cc3ccccc3)C2=O)S1. The lowest BCUT2D eigenvalue weighted by Crippen LogP contribution is -2.27. The van der Waals surface area contributed by atoms with Crippen LogP contribution in [0.25, 0.3) is 0 Å². The van der Waals surface area contributed by atoms with Gasteiger partial charge in [0, 0.05) is 0 Å². The van der Waals surface area contributed by atoms with Crippen molar-refractivity contribution in [1.82, 2.24) is 4.90 Å². The topological polar surface area (TPSA) is 72.9 Å². The number of ether oxygens (including phenoxy) is 2. The van der Waals surface area contributed by atoms with Crippen LogP contribution in [0.1, 0.15) is 5.56 Å². The molecule has 1 amide bonds. The first kappa shape index (κ1) is 21.7. The minimum Gasteiger partial charge on any atom is -0.465 e. The van der Waals surface area contributed by atoms with E-state index in [0.29, 0.717) is 20.0 Å². The van der Waals surface area contributed by atoms with Gasteiger partial charge in [-0.15, -0.1) is 0 Å². The highest BCUT2D eigenvalue weighted by atomic mass is 32.2. The van der Waals surface area contributed by atoms with Gasteiger partial charge in [-0.1, -0.05) is 77.8 Å². The highest BCUT2D eigenvalue weighted by Gasteiger charge is 2.33. The van der Waals surface area contributed by atoms with E-state index in [2.05, 4.69) is 0 Å². The molecule has 1 saturated heterocycles. The second-order valence-electron chi connectivity index (χ2n) is 5.61. The molecule has 1 aromatic rings. The first-order valence-corrected chi connectivity index (χ1v) is 11.1. The standard InChI is InChI=1S/C19H15NO5S4/c1-24-17(22)14-15(18(23)25-2)29-13(28-14)9-8-12-16(21)20(19(26)27-12)10-11-6-4-3-5-7-11/h3-9H,10H2,1-2H3. The summed E-state index contributed by atoms with van der Waals surface area (Å²) in [6.45, 7) is 0.406. The number of benzene rings is 1. The molecule has 2 aliphatic rings. The number of amides is 1. The number of allylic oxidation sites excluding steroid dienone is 2. The van der Waals surface area contributed by atoms with Crippen molar-refractivity contribution in [2.24, 2.45) is 0 Å². The number of methoxy groups -OCH3 is 2. The monoisotopic (exact) mass is 465 g/mol. The summed E-state index contributed by atoms with van der Waals surface area (Å²) in [6, 6.07) is 9.60. The van der Waals surface area contributed by atoms with Crippen molar-refractivity contribution >= 4 is 69.7 Å². The summed E-state index contributed by atoms with van der Waals surface area (Å²) >= 11 is 8.76. The molecule has 29 heavy (non-hydrogen) atoms. The van der Waals surface area contributed by atoms with Crippen LogP contribution in [-0.2, 0) is 30.4 Å². The number of thioether (sulfide) groups is 3. The molecule has 0 atom stereocenters. The Morgan fingerprint density at radius 2 is 1.59 bits per heavy atom. The Labute approximate surface area is 185 Å². The Morgan fingerprint density at radius 1 is 1.00 bits per heavy atom. The van der Waals surface area contributed by atoms with Crippen LogP contribution in [0, 0.1) is 0 Å². The van der Waals surface area contributed by atoms with Crippen molar-refractivity contribution < 1.29 is 23.9 Å². The number of carbonyl (C=O) groups is 3. The maximum absolute atomic E-state index is 12.7. The lowest BCUT2D eigenvalue weighted by molar-refractivity contribution is -0.138. The number of rotatable bonds is 5. The molecule has 0 aromatic heterocycles. The maximum Gasteiger partial charge on any atom is 0.346 e. The van der Waals surface area contributed by atoms with E-state index in [4.69, 9.17) is 21.7 Å². The van der Waals surface area contributed by atoms with Crippen molar-refractivity contribution in [2.75, 3.05) is 14.2 Å². The van der Waals surface area contributed by atoms with Crippen LogP contribution in [0.3, 0.4) is 0 Å². The van der Waals surface area contributed by atoms with Gasteiger partial charge in [0.1, 0.15) is 14.1 Å². The third kappa shape index (κ3) is 4.95. The van der Waals surface area contributed by atoms with Crippen molar-refractivity contribution in [3.63, 3.8) is 0 Å². The Bertz CT molecular complexity index is 938. The molecule has 0 bridgehead atoms. The summed E-state index contributed by atoms with van der Waals surface area (Å²) in [7, 11) is 2.49. The highest BCUT2D eigenvalue weighted by molar-refractivity contribution is 8.29. The molecule has 0 spiro atoms. The Kier molecular flexibility index (Phi) is 7.23. The predicted molar refractivity (Wildman–Crippen MR) is 120 cm³/mol. The molecule has 3 rings (SSSR count). The fourth-order valence-corrected chi connectivity index (χ4v) is 5.87. The lowest BCUT2D eigenvalue weighted by atomic mass is 10.2. The molecule has 0 N–H and O–H groups in total. The second-order valence-corrected chi connectivity index (χ2v) is 9.65. The number of hydrogen-bond acceptors (Lipinski definition) is 9. The van der Waals surface area contributed by atoms with Crippen molar-refractivity contribution in [1.29, 1.82) is 0 Å². The summed E-state index contributed by atoms with van der Waals surface area (Å²) in [4.78, 5) is 38.9. The Balaban J connectivity index is 1.75. The maximum atomic E-state index is 12.7. The van der Waals surface area contributed by atoms with E-state index in [1.807, 2.05) is 30.3 Å². The van der Waals surface area contributed by atoms with E-state index in [1.54, 1.807) is 17.1 Å². The van der Waals surface area contributed by atoms with E-state index < -0.39 is 11.9 Å². The summed E-state index contributed by atoms with van der Waals surface area (Å²) in [5, 5.41) is 0.